The number of aryl methyl sites for hydroxylation is 1. The summed E-state index contributed by atoms with van der Waals surface area (Å²) in [7, 11) is 0. The maximum atomic E-state index is 11.8. The van der Waals surface area contributed by atoms with Crippen LogP contribution in [-0.4, -0.2) is 33.7 Å². The zero-order valence-electron chi connectivity index (χ0n) is 11.2. The fraction of sp³-hybridized carbons (Fsp3) is 0.357. The van der Waals surface area contributed by atoms with E-state index in [4.69, 9.17) is 5.73 Å². The molecule has 0 saturated carbocycles. The van der Waals surface area contributed by atoms with Crippen LogP contribution in [0.2, 0.25) is 0 Å². The monoisotopic (exact) mass is 273 g/mol. The molecule has 0 bridgehead atoms. The van der Waals surface area contributed by atoms with Crippen molar-refractivity contribution in [3.05, 3.63) is 48.0 Å². The molecule has 0 aliphatic rings. The molecule has 0 aliphatic carbocycles. The van der Waals surface area contributed by atoms with Gasteiger partial charge in [0.25, 0.3) is 0 Å². The van der Waals surface area contributed by atoms with E-state index in [1.807, 2.05) is 30.3 Å². The van der Waals surface area contributed by atoms with Crippen molar-refractivity contribution in [1.82, 2.24) is 20.5 Å². The maximum Gasteiger partial charge on any atom is 0.237 e. The van der Waals surface area contributed by atoms with Gasteiger partial charge in [0.15, 0.2) is 0 Å². The lowest BCUT2D eigenvalue weighted by Gasteiger charge is -2.12. The van der Waals surface area contributed by atoms with Crippen LogP contribution in [0.4, 0.5) is 0 Å². The highest BCUT2D eigenvalue weighted by molar-refractivity contribution is 5.81. The van der Waals surface area contributed by atoms with E-state index in [1.165, 1.54) is 6.33 Å². The van der Waals surface area contributed by atoms with E-state index in [0.717, 1.165) is 24.2 Å². The number of carbonyl (C=O) groups excluding carboxylic acids is 1. The quantitative estimate of drug-likeness (QED) is 0.637. The molecule has 1 atom stereocenters. The summed E-state index contributed by atoms with van der Waals surface area (Å²) in [6, 6.07) is 9.25. The van der Waals surface area contributed by atoms with Crippen molar-refractivity contribution in [3.8, 4) is 0 Å². The van der Waals surface area contributed by atoms with E-state index >= 15 is 0 Å². The molecular weight excluding hydrogens is 254 g/mol. The first-order valence-electron chi connectivity index (χ1n) is 6.67. The largest absolute Gasteiger partial charge is 0.355 e. The van der Waals surface area contributed by atoms with Crippen molar-refractivity contribution < 1.29 is 4.79 Å². The molecule has 0 spiro atoms. The van der Waals surface area contributed by atoms with Gasteiger partial charge in [0.1, 0.15) is 12.2 Å². The summed E-state index contributed by atoms with van der Waals surface area (Å²) in [5.41, 5.74) is 6.95. The molecule has 2 aromatic rings. The van der Waals surface area contributed by atoms with E-state index in [9.17, 15) is 4.79 Å². The lowest BCUT2D eigenvalue weighted by molar-refractivity contribution is -0.122. The van der Waals surface area contributed by atoms with Gasteiger partial charge in [-0.15, -0.1) is 0 Å². The minimum absolute atomic E-state index is 0.119. The molecule has 1 heterocycles. The molecule has 6 nitrogen and oxygen atoms in total. The summed E-state index contributed by atoms with van der Waals surface area (Å²) in [6.45, 7) is 0.585. The highest BCUT2D eigenvalue weighted by Gasteiger charge is 2.13. The number of aromatic nitrogens is 3. The molecule has 4 N–H and O–H groups in total. The Hall–Kier alpha value is -2.21. The molecule has 0 saturated heterocycles. The zero-order chi connectivity index (χ0) is 14.2. The van der Waals surface area contributed by atoms with E-state index in [2.05, 4.69) is 20.5 Å². The number of carbonyl (C=O) groups is 1. The molecule has 2 rings (SSSR count). The van der Waals surface area contributed by atoms with Crippen molar-refractivity contribution in [1.29, 1.82) is 0 Å². The van der Waals surface area contributed by atoms with E-state index < -0.39 is 6.04 Å². The number of rotatable bonds is 7. The van der Waals surface area contributed by atoms with Crippen molar-refractivity contribution in [2.75, 3.05) is 6.54 Å². The van der Waals surface area contributed by atoms with Crippen LogP contribution in [0.3, 0.4) is 0 Å². The molecule has 1 aromatic heterocycles. The first kappa shape index (κ1) is 14.2. The fourth-order valence-electron chi connectivity index (χ4n) is 1.91. The second kappa shape index (κ2) is 7.40. The number of nitrogens with zero attached hydrogens (tertiary/aromatic N) is 2. The molecule has 1 amide bonds. The summed E-state index contributed by atoms with van der Waals surface area (Å²) < 4.78 is 0. The van der Waals surface area contributed by atoms with Gasteiger partial charge in [0.05, 0.1) is 6.04 Å². The molecule has 1 aromatic carbocycles. The first-order chi connectivity index (χ1) is 9.75. The van der Waals surface area contributed by atoms with Crippen LogP contribution in [0.25, 0.3) is 0 Å². The van der Waals surface area contributed by atoms with Crippen LogP contribution in [-0.2, 0) is 17.6 Å². The Labute approximate surface area is 117 Å². The minimum atomic E-state index is -0.511. The van der Waals surface area contributed by atoms with Gasteiger partial charge in [0.2, 0.25) is 5.91 Å². The molecule has 0 unspecified atom stereocenters. The van der Waals surface area contributed by atoms with Gasteiger partial charge in [-0.3, -0.25) is 9.89 Å². The summed E-state index contributed by atoms with van der Waals surface area (Å²) in [5, 5.41) is 9.39. The Kier molecular flexibility index (Phi) is 5.25. The van der Waals surface area contributed by atoms with Gasteiger partial charge in [-0.05, 0) is 18.4 Å². The minimum Gasteiger partial charge on any atom is -0.355 e. The lowest BCUT2D eigenvalue weighted by Crippen LogP contribution is -2.42. The Balaban J connectivity index is 1.66. The summed E-state index contributed by atoms with van der Waals surface area (Å²) >= 11 is 0. The standard InChI is InChI=1S/C14H19N5O/c15-12(9-11-5-2-1-3-6-11)14(20)16-8-4-7-13-17-10-18-19-13/h1-3,5-6,10,12H,4,7-9,15H2,(H,16,20)(H,17,18,19)/t12-/m0/s1. The van der Waals surface area contributed by atoms with Gasteiger partial charge >= 0.3 is 0 Å². The molecule has 0 radical (unpaired) electrons. The molecule has 20 heavy (non-hydrogen) atoms. The third kappa shape index (κ3) is 4.47. The van der Waals surface area contributed by atoms with Crippen LogP contribution in [0, 0.1) is 0 Å². The Morgan fingerprint density at radius 2 is 2.15 bits per heavy atom. The third-order valence-electron chi connectivity index (χ3n) is 2.99. The molecule has 106 valence electrons. The molecule has 0 fully saturated rings. The average molecular weight is 273 g/mol. The summed E-state index contributed by atoms with van der Waals surface area (Å²) in [5.74, 6) is 0.708. The average Bonchev–Trinajstić information content (AvgIpc) is 2.97. The van der Waals surface area contributed by atoms with Crippen LogP contribution in [0.1, 0.15) is 17.8 Å². The summed E-state index contributed by atoms with van der Waals surface area (Å²) in [6.07, 6.45) is 3.59. The summed E-state index contributed by atoms with van der Waals surface area (Å²) in [4.78, 5) is 15.9. The number of amides is 1. The van der Waals surface area contributed by atoms with Crippen LogP contribution >= 0.6 is 0 Å². The van der Waals surface area contributed by atoms with Gasteiger partial charge in [-0.25, -0.2) is 4.98 Å². The molecule has 6 heteroatoms. The topological polar surface area (TPSA) is 96.7 Å². The number of hydrogen-bond acceptors (Lipinski definition) is 4. The van der Waals surface area contributed by atoms with Crippen molar-refractivity contribution in [3.63, 3.8) is 0 Å². The van der Waals surface area contributed by atoms with Crippen molar-refractivity contribution >= 4 is 5.91 Å². The van der Waals surface area contributed by atoms with Crippen LogP contribution < -0.4 is 11.1 Å². The Morgan fingerprint density at radius 1 is 1.35 bits per heavy atom. The van der Waals surface area contributed by atoms with E-state index in [-0.39, 0.29) is 5.91 Å². The number of nitrogens with two attached hydrogens (primary N) is 1. The Bertz CT molecular complexity index is 512. The number of nitrogens with one attached hydrogen (secondary N) is 2. The van der Waals surface area contributed by atoms with Gasteiger partial charge in [-0.2, -0.15) is 5.10 Å². The second-order valence-corrected chi connectivity index (χ2v) is 4.62. The second-order valence-electron chi connectivity index (χ2n) is 4.62. The number of benzene rings is 1. The third-order valence-corrected chi connectivity index (χ3v) is 2.99. The molecule has 0 aliphatic heterocycles. The number of H-pyrrole nitrogens is 1. The van der Waals surface area contributed by atoms with Crippen LogP contribution in [0.15, 0.2) is 36.7 Å². The first-order valence-corrected chi connectivity index (χ1v) is 6.67. The Morgan fingerprint density at radius 3 is 2.85 bits per heavy atom. The van der Waals surface area contributed by atoms with Gasteiger partial charge in [0, 0.05) is 13.0 Å². The van der Waals surface area contributed by atoms with Crippen molar-refractivity contribution in [2.24, 2.45) is 5.73 Å². The number of hydrogen-bond donors (Lipinski definition) is 3. The fourth-order valence-corrected chi connectivity index (χ4v) is 1.91. The lowest BCUT2D eigenvalue weighted by atomic mass is 10.1. The van der Waals surface area contributed by atoms with Gasteiger partial charge in [-0.1, -0.05) is 30.3 Å². The zero-order valence-corrected chi connectivity index (χ0v) is 11.2. The smallest absolute Gasteiger partial charge is 0.237 e. The SMILES string of the molecule is N[C@@H](Cc1ccccc1)C(=O)NCCCc1ncn[nH]1. The number of aromatic amines is 1. The highest BCUT2D eigenvalue weighted by Crippen LogP contribution is 2.02. The predicted molar refractivity (Wildman–Crippen MR) is 75.8 cm³/mol. The predicted octanol–water partition coefficient (Wildman–Crippen LogP) is 0.424. The van der Waals surface area contributed by atoms with Crippen molar-refractivity contribution in [2.45, 2.75) is 25.3 Å². The van der Waals surface area contributed by atoms with E-state index in [0.29, 0.717) is 13.0 Å². The maximum absolute atomic E-state index is 11.8. The normalized spacial score (nSPS) is 12.1. The van der Waals surface area contributed by atoms with Gasteiger partial charge < -0.3 is 11.1 Å². The van der Waals surface area contributed by atoms with E-state index in [1.54, 1.807) is 0 Å². The highest BCUT2D eigenvalue weighted by atomic mass is 16.2. The van der Waals surface area contributed by atoms with Crippen LogP contribution in [0.5, 0.6) is 0 Å². The molecular formula is C14H19N5O.